The van der Waals surface area contributed by atoms with Crippen molar-refractivity contribution in [3.8, 4) is 0 Å². The first-order valence-corrected chi connectivity index (χ1v) is 26.3. The molecular weight excluding hydrogens is 525 g/mol. The molecule has 0 radical (unpaired) electrons. The maximum atomic E-state index is 2.50. The number of hydrogen-bond acceptors (Lipinski definition) is 0. The van der Waals surface area contributed by atoms with Gasteiger partial charge in [0.15, 0.2) is 0 Å². The second-order valence-electron chi connectivity index (χ2n) is 7.31. The standard InChI is InChI=1S/C25H29As3/c1-2-13-21-26(23-15-7-4-8-16-23)28(25-19-11-6-12-20-25)27(22-14-3-1)24-17-9-5-10-18-24/h4-12,15-20H,1-3,13-14,21-22H2. The molecule has 2 unspecified atom stereocenters. The van der Waals surface area contributed by atoms with Crippen molar-refractivity contribution in [2.45, 2.75) is 42.5 Å². The van der Waals surface area contributed by atoms with Crippen LogP contribution in [0.1, 0.15) is 32.1 Å². The second kappa shape index (κ2) is 10.9. The zero-order valence-corrected chi connectivity index (χ0v) is 22.1. The van der Waals surface area contributed by atoms with E-state index in [0.717, 1.165) is 0 Å². The molecule has 1 saturated heterocycles. The van der Waals surface area contributed by atoms with Crippen LogP contribution in [-0.4, -0.2) is 35.7 Å². The van der Waals surface area contributed by atoms with Gasteiger partial charge in [-0.2, -0.15) is 0 Å². The zero-order chi connectivity index (χ0) is 19.0. The quantitative estimate of drug-likeness (QED) is 0.424. The molecule has 3 heteroatoms. The molecule has 3 aromatic carbocycles. The minimum atomic E-state index is -1.09. The van der Waals surface area contributed by atoms with Crippen LogP contribution in [0, 0.1) is 0 Å². The molecule has 1 aliphatic rings. The van der Waals surface area contributed by atoms with Gasteiger partial charge in [0.05, 0.1) is 0 Å². The molecule has 0 amide bonds. The Balaban J connectivity index is 1.82. The van der Waals surface area contributed by atoms with Gasteiger partial charge in [0.25, 0.3) is 0 Å². The van der Waals surface area contributed by atoms with Crippen molar-refractivity contribution in [1.82, 2.24) is 0 Å². The summed E-state index contributed by atoms with van der Waals surface area (Å²) < 4.78 is 5.30. The Hall–Kier alpha value is -0.665. The summed E-state index contributed by atoms with van der Waals surface area (Å²) in [5.74, 6) is 0. The first-order chi connectivity index (χ1) is 13.9. The van der Waals surface area contributed by atoms with E-state index in [1.807, 2.05) is 0 Å². The summed E-state index contributed by atoms with van der Waals surface area (Å²) >= 11 is -2.11. The van der Waals surface area contributed by atoms with Gasteiger partial charge in [-0.15, -0.1) is 0 Å². The number of hydrogen-bond donors (Lipinski definition) is 0. The van der Waals surface area contributed by atoms with Crippen LogP contribution >= 0.6 is 0 Å². The van der Waals surface area contributed by atoms with E-state index in [9.17, 15) is 0 Å². The Morgan fingerprint density at radius 3 is 1.18 bits per heavy atom. The average molecular weight is 554 g/mol. The molecule has 0 saturated carbocycles. The molecule has 0 nitrogen and oxygen atoms in total. The van der Waals surface area contributed by atoms with Crippen molar-refractivity contribution in [3.05, 3.63) is 91.0 Å². The van der Waals surface area contributed by atoms with Crippen molar-refractivity contribution in [1.29, 1.82) is 0 Å². The summed E-state index contributed by atoms with van der Waals surface area (Å²) in [6.07, 6.45) is 7.28. The average Bonchev–Trinajstić information content (AvgIpc) is 2.78. The number of benzene rings is 3. The first kappa shape index (κ1) is 20.6. The summed E-state index contributed by atoms with van der Waals surface area (Å²) in [7, 11) is -1.09. The van der Waals surface area contributed by atoms with E-state index in [0.29, 0.717) is 0 Å². The van der Waals surface area contributed by atoms with Crippen LogP contribution in [0.4, 0.5) is 0 Å². The molecule has 28 heavy (non-hydrogen) atoms. The summed E-state index contributed by atoms with van der Waals surface area (Å²) in [6, 6.07) is 35.3. The summed E-state index contributed by atoms with van der Waals surface area (Å²) in [6.45, 7) is 0. The molecule has 0 spiro atoms. The van der Waals surface area contributed by atoms with Gasteiger partial charge in [0.1, 0.15) is 0 Å². The van der Waals surface area contributed by atoms with Gasteiger partial charge in [-0.25, -0.2) is 0 Å². The van der Waals surface area contributed by atoms with Crippen LogP contribution in [-0.2, 0) is 0 Å². The third kappa shape index (κ3) is 5.27. The Bertz CT molecular complexity index is 769. The predicted octanol–water partition coefficient (Wildman–Crippen LogP) is 4.31. The van der Waals surface area contributed by atoms with Crippen LogP contribution in [0.15, 0.2) is 91.0 Å². The van der Waals surface area contributed by atoms with E-state index in [2.05, 4.69) is 91.0 Å². The van der Waals surface area contributed by atoms with Crippen LogP contribution in [0.25, 0.3) is 0 Å². The van der Waals surface area contributed by atoms with Crippen LogP contribution in [0.3, 0.4) is 0 Å². The second-order valence-corrected chi connectivity index (χ2v) is 44.0. The van der Waals surface area contributed by atoms with E-state index < -0.39 is 35.7 Å². The molecule has 4 rings (SSSR count). The minimum absolute atomic E-state index is 1.05. The molecule has 0 aliphatic carbocycles. The van der Waals surface area contributed by atoms with Crippen molar-refractivity contribution >= 4 is 48.7 Å². The SMILES string of the molecule is c1ccc([As]2CCCCCCC[As](c3ccccc3)[As]2c2ccccc2)cc1. The van der Waals surface area contributed by atoms with Gasteiger partial charge in [-0.3, -0.25) is 0 Å². The van der Waals surface area contributed by atoms with Gasteiger partial charge < -0.3 is 0 Å². The molecule has 0 bridgehead atoms. The van der Waals surface area contributed by atoms with Gasteiger partial charge in [0.2, 0.25) is 0 Å². The van der Waals surface area contributed by atoms with Gasteiger partial charge in [-0.1, -0.05) is 0 Å². The molecule has 0 N–H and O–H groups in total. The Labute approximate surface area is 181 Å². The maximum absolute atomic E-state index is 2.50. The molecule has 2 atom stereocenters. The molecule has 144 valence electrons. The molecule has 3 aromatic rings. The van der Waals surface area contributed by atoms with Crippen LogP contribution in [0.5, 0.6) is 0 Å². The molecule has 1 aliphatic heterocycles. The molecule has 0 aromatic heterocycles. The van der Waals surface area contributed by atoms with E-state index in [1.54, 1.807) is 13.1 Å². The summed E-state index contributed by atoms with van der Waals surface area (Å²) in [5.41, 5.74) is 0. The Morgan fingerprint density at radius 1 is 0.393 bits per heavy atom. The fraction of sp³-hybridized carbons (Fsp3) is 0.280. The summed E-state index contributed by atoms with van der Waals surface area (Å²) in [4.78, 5) is 0. The van der Waals surface area contributed by atoms with E-state index >= 15 is 0 Å². The zero-order valence-electron chi connectivity index (χ0n) is 16.5. The van der Waals surface area contributed by atoms with E-state index in [4.69, 9.17) is 0 Å². The fourth-order valence-corrected chi connectivity index (χ4v) is 77.0. The normalized spacial score (nSPS) is 23.8. The monoisotopic (exact) mass is 554 g/mol. The van der Waals surface area contributed by atoms with Gasteiger partial charge in [-0.05, 0) is 0 Å². The predicted molar refractivity (Wildman–Crippen MR) is 128 cm³/mol. The third-order valence-electron chi connectivity index (χ3n) is 5.29. The van der Waals surface area contributed by atoms with Crippen LogP contribution < -0.4 is 13.1 Å². The van der Waals surface area contributed by atoms with Crippen molar-refractivity contribution in [2.75, 3.05) is 0 Å². The molecule has 1 heterocycles. The first-order valence-electron chi connectivity index (χ1n) is 10.4. The fourth-order valence-electron chi connectivity index (χ4n) is 3.89. The van der Waals surface area contributed by atoms with Gasteiger partial charge in [0, 0.05) is 0 Å². The van der Waals surface area contributed by atoms with Gasteiger partial charge >= 0.3 is 182 Å². The number of rotatable bonds is 3. The van der Waals surface area contributed by atoms with Crippen LogP contribution in [0.2, 0.25) is 10.4 Å². The van der Waals surface area contributed by atoms with Crippen molar-refractivity contribution in [2.24, 2.45) is 0 Å². The Kier molecular flexibility index (Phi) is 8.04. The Morgan fingerprint density at radius 2 is 0.750 bits per heavy atom. The summed E-state index contributed by atoms with van der Waals surface area (Å²) in [5, 5.41) is 3.06. The van der Waals surface area contributed by atoms with Crippen molar-refractivity contribution in [3.63, 3.8) is 0 Å². The topological polar surface area (TPSA) is 0 Å². The molecular formula is C25H29As3. The van der Waals surface area contributed by atoms with E-state index in [-0.39, 0.29) is 0 Å². The van der Waals surface area contributed by atoms with E-state index in [1.165, 1.54) is 42.5 Å². The van der Waals surface area contributed by atoms with Crippen molar-refractivity contribution < 1.29 is 0 Å². The molecule has 1 fully saturated rings. The third-order valence-corrected chi connectivity index (χ3v) is 64.5.